The Morgan fingerprint density at radius 3 is 3.00 bits per heavy atom. The number of alkyl halides is 1. The minimum Gasteiger partial charge on any atom is -0.144 e. The van der Waals surface area contributed by atoms with Gasteiger partial charge >= 0.3 is 0 Å². The minimum absolute atomic E-state index is 0.270. The van der Waals surface area contributed by atoms with E-state index in [0.29, 0.717) is 0 Å². The van der Waals surface area contributed by atoms with E-state index >= 15 is 0 Å². The van der Waals surface area contributed by atoms with Crippen LogP contribution in [0.1, 0.15) is 17.7 Å². The van der Waals surface area contributed by atoms with Gasteiger partial charge in [-0.25, -0.2) is 0 Å². The maximum Gasteiger partial charge on any atom is 0.0525 e. The number of rotatable bonds is 1. The molecule has 1 aromatic rings. The van der Waals surface area contributed by atoms with Crippen molar-refractivity contribution in [1.29, 1.82) is 0 Å². The van der Waals surface area contributed by atoms with Gasteiger partial charge in [0.2, 0.25) is 0 Å². The highest BCUT2D eigenvalue weighted by molar-refractivity contribution is 7.11. The predicted octanol–water partition coefficient (Wildman–Crippen LogP) is 3.53. The third-order valence-electron chi connectivity index (χ3n) is 1.91. The molecule has 0 fully saturated rings. The molecule has 1 unspecified atom stereocenters. The Labute approximate surface area is 75.5 Å². The summed E-state index contributed by atoms with van der Waals surface area (Å²) in [6, 6.07) is 4.24. The summed E-state index contributed by atoms with van der Waals surface area (Å²) in [4.78, 5) is 1.38. The standard InChI is InChI=1S/C9H9ClS/c10-8-4-3-7(6-8)9-2-1-5-11-9/h1-2,5-6,8H,3-4H2. The van der Waals surface area contributed by atoms with Crippen molar-refractivity contribution in [3.63, 3.8) is 0 Å². The first-order valence-electron chi connectivity index (χ1n) is 3.75. The molecule has 0 aromatic carbocycles. The summed E-state index contributed by atoms with van der Waals surface area (Å²) in [6.45, 7) is 0. The van der Waals surface area contributed by atoms with E-state index < -0.39 is 0 Å². The van der Waals surface area contributed by atoms with Crippen molar-refractivity contribution >= 4 is 28.5 Å². The fourth-order valence-electron chi connectivity index (χ4n) is 1.34. The van der Waals surface area contributed by atoms with Gasteiger partial charge in [0.1, 0.15) is 0 Å². The molecule has 0 radical (unpaired) electrons. The topological polar surface area (TPSA) is 0 Å². The van der Waals surface area contributed by atoms with Crippen molar-refractivity contribution in [3.8, 4) is 0 Å². The molecule has 1 aliphatic rings. The lowest BCUT2D eigenvalue weighted by atomic mass is 10.2. The van der Waals surface area contributed by atoms with Gasteiger partial charge in [-0.15, -0.1) is 22.9 Å². The third-order valence-corrected chi connectivity index (χ3v) is 3.20. The first-order valence-corrected chi connectivity index (χ1v) is 5.06. The lowest BCUT2D eigenvalue weighted by Gasteiger charge is -1.93. The summed E-state index contributed by atoms with van der Waals surface area (Å²) < 4.78 is 0. The highest BCUT2D eigenvalue weighted by atomic mass is 35.5. The summed E-state index contributed by atoms with van der Waals surface area (Å²) in [7, 11) is 0. The van der Waals surface area contributed by atoms with Gasteiger partial charge in [-0.3, -0.25) is 0 Å². The molecule has 2 heteroatoms. The van der Waals surface area contributed by atoms with Crippen LogP contribution in [0.3, 0.4) is 0 Å². The zero-order chi connectivity index (χ0) is 7.68. The maximum absolute atomic E-state index is 5.95. The average molecular weight is 185 g/mol. The Morgan fingerprint density at radius 2 is 2.45 bits per heavy atom. The van der Waals surface area contributed by atoms with Crippen LogP contribution >= 0.6 is 22.9 Å². The molecule has 0 saturated carbocycles. The minimum atomic E-state index is 0.270. The van der Waals surface area contributed by atoms with Crippen LogP contribution in [-0.4, -0.2) is 5.38 Å². The van der Waals surface area contributed by atoms with Crippen LogP contribution in [0.25, 0.3) is 5.57 Å². The molecule has 0 N–H and O–H groups in total. The Kier molecular flexibility index (Phi) is 2.01. The summed E-state index contributed by atoms with van der Waals surface area (Å²) in [6.07, 6.45) is 4.43. The molecule has 0 saturated heterocycles. The fraction of sp³-hybridized carbons (Fsp3) is 0.333. The van der Waals surface area contributed by atoms with Gasteiger partial charge in [0, 0.05) is 4.88 Å². The van der Waals surface area contributed by atoms with Gasteiger partial charge in [-0.1, -0.05) is 12.1 Å². The van der Waals surface area contributed by atoms with Crippen LogP contribution in [0.5, 0.6) is 0 Å². The Hall–Kier alpha value is -0.270. The summed E-state index contributed by atoms with van der Waals surface area (Å²) in [5, 5.41) is 2.38. The summed E-state index contributed by atoms with van der Waals surface area (Å²) in [5.41, 5.74) is 1.43. The number of halogens is 1. The smallest absolute Gasteiger partial charge is 0.0525 e. The van der Waals surface area contributed by atoms with E-state index in [1.54, 1.807) is 11.3 Å². The van der Waals surface area contributed by atoms with Gasteiger partial charge in [0.15, 0.2) is 0 Å². The van der Waals surface area contributed by atoms with Gasteiger partial charge < -0.3 is 0 Å². The molecule has 0 nitrogen and oxygen atoms in total. The van der Waals surface area contributed by atoms with Crippen LogP contribution in [0, 0.1) is 0 Å². The van der Waals surface area contributed by atoms with Crippen molar-refractivity contribution < 1.29 is 0 Å². The molecular formula is C9H9ClS. The first kappa shape index (κ1) is 7.38. The van der Waals surface area contributed by atoms with E-state index in [9.17, 15) is 0 Å². The van der Waals surface area contributed by atoms with E-state index in [1.165, 1.54) is 10.5 Å². The van der Waals surface area contributed by atoms with E-state index in [4.69, 9.17) is 11.6 Å². The van der Waals surface area contributed by atoms with E-state index in [-0.39, 0.29) is 5.38 Å². The molecule has 2 rings (SSSR count). The van der Waals surface area contributed by atoms with Crippen molar-refractivity contribution in [2.45, 2.75) is 18.2 Å². The van der Waals surface area contributed by atoms with Crippen molar-refractivity contribution in [2.75, 3.05) is 0 Å². The Morgan fingerprint density at radius 1 is 1.55 bits per heavy atom. The highest BCUT2D eigenvalue weighted by Crippen LogP contribution is 2.32. The SMILES string of the molecule is ClC1C=C(c2cccs2)CC1. The van der Waals surface area contributed by atoms with E-state index in [1.807, 2.05) is 0 Å². The zero-order valence-corrected chi connectivity index (χ0v) is 7.66. The zero-order valence-electron chi connectivity index (χ0n) is 6.09. The van der Waals surface area contributed by atoms with Gasteiger partial charge in [-0.05, 0) is 29.9 Å². The molecule has 1 aliphatic carbocycles. The Bertz CT molecular complexity index is 261. The molecule has 11 heavy (non-hydrogen) atoms. The molecule has 1 atom stereocenters. The largest absolute Gasteiger partial charge is 0.144 e. The van der Waals surface area contributed by atoms with Gasteiger partial charge in [0.05, 0.1) is 5.38 Å². The molecular weight excluding hydrogens is 176 g/mol. The van der Waals surface area contributed by atoms with Crippen molar-refractivity contribution in [3.05, 3.63) is 28.5 Å². The second-order valence-corrected chi connectivity index (χ2v) is 4.23. The molecule has 0 spiro atoms. The normalized spacial score (nSPS) is 23.7. The van der Waals surface area contributed by atoms with Crippen LogP contribution in [0.15, 0.2) is 23.6 Å². The molecule has 0 aliphatic heterocycles. The molecule has 58 valence electrons. The van der Waals surface area contributed by atoms with Crippen LogP contribution in [-0.2, 0) is 0 Å². The monoisotopic (exact) mass is 184 g/mol. The lowest BCUT2D eigenvalue weighted by molar-refractivity contribution is 0.943. The Balaban J connectivity index is 2.25. The van der Waals surface area contributed by atoms with Crippen LogP contribution in [0.4, 0.5) is 0 Å². The molecule has 1 aromatic heterocycles. The predicted molar refractivity (Wildman–Crippen MR) is 51.2 cm³/mol. The van der Waals surface area contributed by atoms with Gasteiger partial charge in [-0.2, -0.15) is 0 Å². The van der Waals surface area contributed by atoms with Gasteiger partial charge in [0.25, 0.3) is 0 Å². The quantitative estimate of drug-likeness (QED) is 0.586. The number of thiophene rings is 1. The molecule has 0 amide bonds. The number of hydrogen-bond donors (Lipinski definition) is 0. The lowest BCUT2D eigenvalue weighted by Crippen LogP contribution is -1.81. The van der Waals surface area contributed by atoms with Crippen LogP contribution < -0.4 is 0 Å². The summed E-state index contributed by atoms with van der Waals surface area (Å²) >= 11 is 7.75. The van der Waals surface area contributed by atoms with E-state index in [0.717, 1.165) is 12.8 Å². The maximum atomic E-state index is 5.95. The number of allylic oxidation sites excluding steroid dienone is 2. The summed E-state index contributed by atoms with van der Waals surface area (Å²) in [5.74, 6) is 0. The van der Waals surface area contributed by atoms with Crippen molar-refractivity contribution in [1.82, 2.24) is 0 Å². The second-order valence-electron chi connectivity index (χ2n) is 2.72. The molecule has 1 heterocycles. The first-order chi connectivity index (χ1) is 5.36. The third kappa shape index (κ3) is 1.49. The van der Waals surface area contributed by atoms with Crippen LogP contribution in [0.2, 0.25) is 0 Å². The van der Waals surface area contributed by atoms with Crippen molar-refractivity contribution in [2.24, 2.45) is 0 Å². The average Bonchev–Trinajstić information content (AvgIpc) is 2.55. The second kappa shape index (κ2) is 3.00. The fourth-order valence-corrected chi connectivity index (χ4v) is 2.39. The van der Waals surface area contributed by atoms with E-state index in [2.05, 4.69) is 23.6 Å². The molecule has 0 bridgehead atoms. The number of hydrogen-bond acceptors (Lipinski definition) is 1. The highest BCUT2D eigenvalue weighted by Gasteiger charge is 2.14.